The molecule has 7 nitrogen and oxygen atoms in total. The third-order valence-electron chi connectivity index (χ3n) is 5.11. The van der Waals surface area contributed by atoms with E-state index in [1.54, 1.807) is 32.9 Å². The van der Waals surface area contributed by atoms with Gasteiger partial charge in [-0.05, 0) is 38.0 Å². The Bertz CT molecular complexity index is 703. The summed E-state index contributed by atoms with van der Waals surface area (Å²) in [4.78, 5) is 28.9. The minimum atomic E-state index is -0.920. The van der Waals surface area contributed by atoms with E-state index in [-0.39, 0.29) is 18.4 Å². The largest absolute Gasteiger partial charge is 0.458 e. The monoisotopic (exact) mass is 378 g/mol. The third-order valence-corrected chi connectivity index (χ3v) is 5.11. The second-order valence-electron chi connectivity index (χ2n) is 6.96. The van der Waals surface area contributed by atoms with Gasteiger partial charge in [0.25, 0.3) is 0 Å². The molecule has 1 saturated heterocycles. The molecule has 2 rings (SSSR count). The Hall–Kier alpha value is -2.22. The summed E-state index contributed by atoms with van der Waals surface area (Å²) in [7, 11) is 0. The summed E-state index contributed by atoms with van der Waals surface area (Å²) in [5.74, 6) is -1.74. The van der Waals surface area contributed by atoms with Crippen molar-refractivity contribution in [3.8, 4) is 0 Å². The molecule has 1 fully saturated rings. The number of hydrogen-bond acceptors (Lipinski definition) is 7. The van der Waals surface area contributed by atoms with E-state index < -0.39 is 42.3 Å². The first kappa shape index (κ1) is 21.1. The fourth-order valence-corrected chi connectivity index (χ4v) is 3.20. The Morgan fingerprint density at radius 1 is 1.41 bits per heavy atom. The third kappa shape index (κ3) is 4.55. The van der Waals surface area contributed by atoms with Crippen molar-refractivity contribution >= 4 is 11.9 Å². The predicted molar refractivity (Wildman–Crippen MR) is 97.5 cm³/mol. The minimum absolute atomic E-state index is 0.0680. The van der Waals surface area contributed by atoms with Crippen molar-refractivity contribution < 1.29 is 34.3 Å². The standard InChI is InChI=1S/C20H26O7/c1-6-10(2)19(22)25-17-8-12(4)15(27-24)9-14(21)11(3)7-16-18(17)13(5)20(23)26-16/h6-7,14-18,21,24H,4-5,8-9H2,1-3H3. The number of ether oxygens (including phenoxy) is 2. The van der Waals surface area contributed by atoms with Crippen LogP contribution in [0.1, 0.15) is 33.6 Å². The highest BCUT2D eigenvalue weighted by molar-refractivity contribution is 5.92. The van der Waals surface area contributed by atoms with Crippen LogP contribution in [-0.4, -0.2) is 46.7 Å². The summed E-state index contributed by atoms with van der Waals surface area (Å²) < 4.78 is 11.0. The second-order valence-corrected chi connectivity index (χ2v) is 6.96. The molecule has 0 bridgehead atoms. The molecule has 0 aromatic carbocycles. The van der Waals surface area contributed by atoms with E-state index in [1.165, 1.54) is 0 Å². The van der Waals surface area contributed by atoms with Gasteiger partial charge in [0.05, 0.1) is 12.0 Å². The van der Waals surface area contributed by atoms with Gasteiger partial charge in [0.2, 0.25) is 0 Å². The van der Waals surface area contributed by atoms with Crippen molar-refractivity contribution in [2.24, 2.45) is 5.92 Å². The maximum atomic E-state index is 12.3. The van der Waals surface area contributed by atoms with Gasteiger partial charge >= 0.3 is 11.9 Å². The molecular weight excluding hydrogens is 352 g/mol. The van der Waals surface area contributed by atoms with E-state index in [9.17, 15) is 20.0 Å². The van der Waals surface area contributed by atoms with Crippen LogP contribution >= 0.6 is 0 Å². The van der Waals surface area contributed by atoms with Crippen LogP contribution in [0.2, 0.25) is 0 Å². The zero-order valence-corrected chi connectivity index (χ0v) is 15.8. The molecule has 2 aliphatic rings. The first-order chi connectivity index (χ1) is 12.7. The maximum absolute atomic E-state index is 12.3. The maximum Gasteiger partial charge on any atom is 0.334 e. The van der Waals surface area contributed by atoms with E-state index in [0.29, 0.717) is 16.7 Å². The van der Waals surface area contributed by atoms with E-state index in [1.807, 2.05) is 0 Å². The van der Waals surface area contributed by atoms with Gasteiger partial charge in [0, 0.05) is 24.0 Å². The summed E-state index contributed by atoms with van der Waals surface area (Å²) in [6.45, 7) is 12.7. The fourth-order valence-electron chi connectivity index (χ4n) is 3.20. The highest BCUT2D eigenvalue weighted by Gasteiger charge is 2.45. The second kappa shape index (κ2) is 8.65. The highest BCUT2D eigenvalue weighted by Crippen LogP contribution is 2.37. The van der Waals surface area contributed by atoms with Crippen LogP contribution in [0.3, 0.4) is 0 Å². The average molecular weight is 378 g/mol. The van der Waals surface area contributed by atoms with Crippen LogP contribution in [0.25, 0.3) is 0 Å². The number of hydrogen-bond donors (Lipinski definition) is 2. The number of allylic oxidation sites excluding steroid dienone is 1. The Labute approximate surface area is 158 Å². The lowest BCUT2D eigenvalue weighted by atomic mass is 9.83. The van der Waals surface area contributed by atoms with Crippen LogP contribution in [0, 0.1) is 5.92 Å². The molecule has 5 atom stereocenters. The van der Waals surface area contributed by atoms with Crippen molar-refractivity contribution in [2.75, 3.05) is 0 Å². The van der Waals surface area contributed by atoms with Crippen LogP contribution in [0.4, 0.5) is 0 Å². The molecule has 5 unspecified atom stereocenters. The molecule has 7 heteroatoms. The van der Waals surface area contributed by atoms with Crippen molar-refractivity contribution in [2.45, 2.75) is 58.0 Å². The summed E-state index contributed by atoms with van der Waals surface area (Å²) >= 11 is 0. The van der Waals surface area contributed by atoms with Crippen LogP contribution in [-0.2, 0) is 24.0 Å². The van der Waals surface area contributed by atoms with Crippen molar-refractivity contribution in [3.05, 3.63) is 47.6 Å². The average Bonchev–Trinajstić information content (AvgIpc) is 2.90. The SMILES string of the molecule is C=C1CC(OC(=O)C(C)=CC)C2C(=C)C(=O)OC2C=C(C)C(O)CC1OO. The first-order valence-electron chi connectivity index (χ1n) is 8.77. The molecule has 27 heavy (non-hydrogen) atoms. The summed E-state index contributed by atoms with van der Waals surface area (Å²) in [6.07, 6.45) is 0.149. The molecule has 0 saturated carbocycles. The lowest BCUT2D eigenvalue weighted by Gasteiger charge is -2.30. The van der Waals surface area contributed by atoms with E-state index in [2.05, 4.69) is 18.0 Å². The normalized spacial score (nSPS) is 32.5. The molecule has 0 aromatic heterocycles. The quantitative estimate of drug-likeness (QED) is 0.256. The Kier molecular flexibility index (Phi) is 6.75. The summed E-state index contributed by atoms with van der Waals surface area (Å²) in [6, 6.07) is 0. The zero-order chi connectivity index (χ0) is 20.3. The number of rotatable bonds is 3. The number of carbonyl (C=O) groups is 2. The minimum Gasteiger partial charge on any atom is -0.458 e. The van der Waals surface area contributed by atoms with Crippen LogP contribution in [0.5, 0.6) is 0 Å². The van der Waals surface area contributed by atoms with E-state index in [4.69, 9.17) is 9.47 Å². The van der Waals surface area contributed by atoms with Gasteiger partial charge in [0.15, 0.2) is 0 Å². The van der Waals surface area contributed by atoms with E-state index in [0.717, 1.165) is 0 Å². The first-order valence-corrected chi connectivity index (χ1v) is 8.77. The number of esters is 2. The van der Waals surface area contributed by atoms with Crippen molar-refractivity contribution in [1.29, 1.82) is 0 Å². The molecule has 0 aromatic rings. The van der Waals surface area contributed by atoms with Crippen LogP contribution in [0.15, 0.2) is 47.6 Å². The lowest BCUT2D eigenvalue weighted by molar-refractivity contribution is -0.273. The molecule has 1 aliphatic heterocycles. The molecule has 0 radical (unpaired) electrons. The van der Waals surface area contributed by atoms with Gasteiger partial charge in [-0.15, -0.1) is 0 Å². The predicted octanol–water partition coefficient (Wildman–Crippen LogP) is 2.48. The molecular formula is C20H26O7. The Morgan fingerprint density at radius 3 is 2.67 bits per heavy atom. The topological polar surface area (TPSA) is 102 Å². The van der Waals surface area contributed by atoms with Gasteiger partial charge in [-0.2, -0.15) is 0 Å². The van der Waals surface area contributed by atoms with Crippen LogP contribution < -0.4 is 0 Å². The van der Waals surface area contributed by atoms with Crippen molar-refractivity contribution in [1.82, 2.24) is 0 Å². The lowest BCUT2D eigenvalue weighted by Crippen LogP contribution is -2.36. The fraction of sp³-hybridized carbons (Fsp3) is 0.500. The van der Waals surface area contributed by atoms with Crippen molar-refractivity contribution in [3.63, 3.8) is 0 Å². The number of aliphatic hydroxyl groups excluding tert-OH is 1. The van der Waals surface area contributed by atoms with Gasteiger partial charge in [-0.25, -0.2) is 14.5 Å². The summed E-state index contributed by atoms with van der Waals surface area (Å²) in [5, 5.41) is 19.5. The highest BCUT2D eigenvalue weighted by atomic mass is 17.1. The van der Waals surface area contributed by atoms with Gasteiger partial charge in [-0.1, -0.05) is 19.2 Å². The summed E-state index contributed by atoms with van der Waals surface area (Å²) in [5.41, 5.74) is 1.57. The smallest absolute Gasteiger partial charge is 0.334 e. The zero-order valence-electron chi connectivity index (χ0n) is 15.8. The van der Waals surface area contributed by atoms with Gasteiger partial charge in [-0.3, -0.25) is 5.26 Å². The van der Waals surface area contributed by atoms with E-state index >= 15 is 0 Å². The molecule has 1 heterocycles. The Balaban J connectivity index is 2.47. The number of aliphatic hydroxyl groups is 1. The number of fused-ring (bicyclic) bond motifs is 1. The Morgan fingerprint density at radius 2 is 2.07 bits per heavy atom. The molecule has 2 N–H and O–H groups in total. The molecule has 0 amide bonds. The molecule has 1 aliphatic carbocycles. The van der Waals surface area contributed by atoms with Gasteiger partial charge in [0.1, 0.15) is 18.3 Å². The molecule has 0 spiro atoms. The van der Waals surface area contributed by atoms with Gasteiger partial charge < -0.3 is 14.6 Å². The number of carbonyl (C=O) groups excluding carboxylic acids is 2. The molecule has 148 valence electrons.